The first-order chi connectivity index (χ1) is 15.3. The molecule has 0 bridgehead atoms. The Morgan fingerprint density at radius 2 is 1.59 bits per heavy atom. The number of sulfonamides is 1. The van der Waals surface area contributed by atoms with Gasteiger partial charge in [0.1, 0.15) is 19.0 Å². The Bertz CT molecular complexity index is 1320. The molecule has 0 aromatic heterocycles. The molecule has 3 aromatic carbocycles. The van der Waals surface area contributed by atoms with Gasteiger partial charge in [0.05, 0.1) is 21.4 Å². The SMILES string of the molecule is CC1Cc2cc(S(=O)c3ccc4c(c3)OCCO4)ccc2N1S(=O)(=O)c1ccc(F)cc1. The molecule has 6 nitrogen and oxygen atoms in total. The molecule has 0 spiro atoms. The molecule has 0 fully saturated rings. The fourth-order valence-electron chi connectivity index (χ4n) is 4.06. The number of nitrogens with zero attached hydrogens (tertiary/aromatic N) is 1. The molecule has 2 heterocycles. The molecular weight excluding hydrogens is 453 g/mol. The maximum Gasteiger partial charge on any atom is 0.264 e. The predicted molar refractivity (Wildman–Crippen MR) is 118 cm³/mol. The van der Waals surface area contributed by atoms with Gasteiger partial charge in [0.15, 0.2) is 11.5 Å². The molecule has 166 valence electrons. The van der Waals surface area contributed by atoms with Gasteiger partial charge in [-0.25, -0.2) is 17.0 Å². The van der Waals surface area contributed by atoms with Crippen molar-refractivity contribution in [1.82, 2.24) is 0 Å². The molecule has 0 aliphatic carbocycles. The average Bonchev–Trinajstić information content (AvgIpc) is 3.14. The van der Waals surface area contributed by atoms with Crippen LogP contribution in [0.4, 0.5) is 10.1 Å². The fraction of sp³-hybridized carbons (Fsp3) is 0.217. The minimum Gasteiger partial charge on any atom is -0.486 e. The molecule has 0 saturated carbocycles. The van der Waals surface area contributed by atoms with E-state index in [9.17, 15) is 17.0 Å². The number of rotatable bonds is 4. The lowest BCUT2D eigenvalue weighted by Gasteiger charge is -2.24. The lowest BCUT2D eigenvalue weighted by Crippen LogP contribution is -2.35. The van der Waals surface area contributed by atoms with Gasteiger partial charge in [-0.05, 0) is 73.5 Å². The van der Waals surface area contributed by atoms with Crippen LogP contribution in [0.15, 0.2) is 75.4 Å². The number of ether oxygens (including phenoxy) is 2. The molecule has 0 amide bonds. The Kier molecular flexibility index (Phi) is 5.17. The van der Waals surface area contributed by atoms with Crippen LogP contribution < -0.4 is 13.8 Å². The van der Waals surface area contributed by atoms with Crippen LogP contribution in [-0.4, -0.2) is 31.9 Å². The Morgan fingerprint density at radius 3 is 2.34 bits per heavy atom. The zero-order valence-electron chi connectivity index (χ0n) is 17.2. The third-order valence-corrected chi connectivity index (χ3v) is 8.82. The highest BCUT2D eigenvalue weighted by molar-refractivity contribution is 7.93. The van der Waals surface area contributed by atoms with Crippen molar-refractivity contribution < 1.29 is 26.5 Å². The van der Waals surface area contributed by atoms with Crippen molar-refractivity contribution >= 4 is 26.5 Å². The zero-order valence-corrected chi connectivity index (χ0v) is 18.8. The molecule has 3 aromatic rings. The summed E-state index contributed by atoms with van der Waals surface area (Å²) < 4.78 is 65.3. The maximum absolute atomic E-state index is 13.3. The molecule has 2 aliphatic rings. The number of hydrogen-bond donors (Lipinski definition) is 0. The Morgan fingerprint density at radius 1 is 0.938 bits per heavy atom. The van der Waals surface area contributed by atoms with Gasteiger partial charge in [-0.2, -0.15) is 0 Å². The minimum atomic E-state index is -3.85. The van der Waals surface area contributed by atoms with Gasteiger partial charge in [-0.15, -0.1) is 0 Å². The molecule has 0 radical (unpaired) electrons. The topological polar surface area (TPSA) is 72.9 Å². The van der Waals surface area contributed by atoms with Crippen LogP contribution >= 0.6 is 0 Å². The highest BCUT2D eigenvalue weighted by Gasteiger charge is 2.36. The van der Waals surface area contributed by atoms with E-state index in [2.05, 4.69) is 0 Å². The lowest BCUT2D eigenvalue weighted by molar-refractivity contribution is 0.171. The molecule has 9 heteroatoms. The van der Waals surface area contributed by atoms with Crippen LogP contribution in [-0.2, 0) is 27.2 Å². The molecule has 0 saturated heterocycles. The quantitative estimate of drug-likeness (QED) is 0.575. The van der Waals surface area contributed by atoms with Crippen molar-refractivity contribution in [3.63, 3.8) is 0 Å². The van der Waals surface area contributed by atoms with Crippen molar-refractivity contribution in [2.75, 3.05) is 17.5 Å². The molecule has 0 N–H and O–H groups in total. The van der Waals surface area contributed by atoms with E-state index in [1.807, 2.05) is 6.92 Å². The first-order valence-corrected chi connectivity index (χ1v) is 12.7. The first kappa shape index (κ1) is 21.0. The van der Waals surface area contributed by atoms with Crippen molar-refractivity contribution in [2.45, 2.75) is 34.1 Å². The van der Waals surface area contributed by atoms with E-state index in [4.69, 9.17) is 9.47 Å². The summed E-state index contributed by atoms with van der Waals surface area (Å²) in [6.07, 6.45) is 0.488. The van der Waals surface area contributed by atoms with Gasteiger partial charge in [-0.1, -0.05) is 0 Å². The van der Waals surface area contributed by atoms with Gasteiger partial charge in [-0.3, -0.25) is 4.31 Å². The van der Waals surface area contributed by atoms with E-state index < -0.39 is 26.6 Å². The summed E-state index contributed by atoms with van der Waals surface area (Å²) in [4.78, 5) is 1.19. The highest BCUT2D eigenvalue weighted by Crippen LogP contribution is 2.39. The van der Waals surface area contributed by atoms with Gasteiger partial charge in [0, 0.05) is 21.9 Å². The Balaban J connectivity index is 1.47. The number of hydrogen-bond acceptors (Lipinski definition) is 5. The predicted octanol–water partition coefficient (Wildman–Crippen LogP) is 3.90. The smallest absolute Gasteiger partial charge is 0.264 e. The van der Waals surface area contributed by atoms with Crippen LogP contribution in [0.2, 0.25) is 0 Å². The summed E-state index contributed by atoms with van der Waals surface area (Å²) in [7, 11) is -5.32. The van der Waals surface area contributed by atoms with Crippen LogP contribution in [0.5, 0.6) is 11.5 Å². The summed E-state index contributed by atoms with van der Waals surface area (Å²) in [6.45, 7) is 2.74. The molecule has 32 heavy (non-hydrogen) atoms. The molecule has 2 aliphatic heterocycles. The molecule has 5 rings (SSSR count). The van der Waals surface area contributed by atoms with Crippen LogP contribution in [0.25, 0.3) is 0 Å². The van der Waals surface area contributed by atoms with Crippen LogP contribution in [0.3, 0.4) is 0 Å². The molecular formula is C23H20FNO5S2. The summed E-state index contributed by atoms with van der Waals surface area (Å²) in [5.41, 5.74) is 1.34. The fourth-order valence-corrected chi connectivity index (χ4v) is 6.87. The van der Waals surface area contributed by atoms with Gasteiger partial charge < -0.3 is 9.47 Å². The van der Waals surface area contributed by atoms with E-state index in [0.29, 0.717) is 46.6 Å². The van der Waals surface area contributed by atoms with E-state index in [1.165, 1.54) is 16.4 Å². The number of benzene rings is 3. The third kappa shape index (κ3) is 3.55. The monoisotopic (exact) mass is 473 g/mol. The zero-order chi connectivity index (χ0) is 22.5. The molecule has 2 atom stereocenters. The van der Waals surface area contributed by atoms with Crippen molar-refractivity contribution in [3.8, 4) is 11.5 Å². The number of anilines is 1. The Hall–Kier alpha value is -2.91. The summed E-state index contributed by atoms with van der Waals surface area (Å²) in [5, 5.41) is 0. The second-order valence-corrected chi connectivity index (χ2v) is 11.0. The standard InChI is InChI=1S/C23H20FNO5S2/c1-15-12-16-13-18(31(26)19-5-9-22-23(14-19)30-11-10-29-22)4-8-21(16)25(15)32(27,28)20-6-2-17(24)3-7-20/h2-9,13-15H,10-12H2,1H3. The van der Waals surface area contributed by atoms with E-state index in [-0.39, 0.29) is 10.9 Å². The third-order valence-electron chi connectivity index (χ3n) is 5.52. The maximum atomic E-state index is 13.3. The van der Waals surface area contributed by atoms with E-state index >= 15 is 0 Å². The summed E-state index contributed by atoms with van der Waals surface area (Å²) in [6, 6.07) is 14.8. The second kappa shape index (κ2) is 7.90. The average molecular weight is 474 g/mol. The Labute approximate surface area is 188 Å². The number of halogens is 1. The van der Waals surface area contributed by atoms with E-state index in [0.717, 1.165) is 17.7 Å². The van der Waals surface area contributed by atoms with Gasteiger partial charge >= 0.3 is 0 Å². The highest BCUT2D eigenvalue weighted by atomic mass is 32.2. The normalized spacial score (nSPS) is 18.3. The van der Waals surface area contributed by atoms with E-state index in [1.54, 1.807) is 36.4 Å². The van der Waals surface area contributed by atoms with Crippen LogP contribution in [0, 0.1) is 5.82 Å². The first-order valence-electron chi connectivity index (χ1n) is 10.1. The number of fused-ring (bicyclic) bond motifs is 2. The summed E-state index contributed by atoms with van der Waals surface area (Å²) in [5.74, 6) is 0.694. The van der Waals surface area contributed by atoms with Gasteiger partial charge in [0.25, 0.3) is 10.0 Å². The minimum absolute atomic E-state index is 0.0301. The molecule has 2 unspecified atom stereocenters. The van der Waals surface area contributed by atoms with Crippen molar-refractivity contribution in [2.24, 2.45) is 0 Å². The van der Waals surface area contributed by atoms with Crippen LogP contribution in [0.1, 0.15) is 12.5 Å². The largest absolute Gasteiger partial charge is 0.486 e. The second-order valence-electron chi connectivity index (χ2n) is 7.67. The van der Waals surface area contributed by atoms with Crippen molar-refractivity contribution in [1.29, 1.82) is 0 Å². The van der Waals surface area contributed by atoms with Crippen molar-refractivity contribution in [3.05, 3.63) is 72.0 Å². The summed E-state index contributed by atoms with van der Waals surface area (Å²) >= 11 is 0. The van der Waals surface area contributed by atoms with Gasteiger partial charge in [0.2, 0.25) is 0 Å². The lowest BCUT2D eigenvalue weighted by atomic mass is 10.1.